The zero-order valence-electron chi connectivity index (χ0n) is 8.42. The zero-order valence-corrected chi connectivity index (χ0v) is 9.24. The van der Waals surface area contributed by atoms with Crippen molar-refractivity contribution in [1.82, 2.24) is 4.90 Å². The van der Waals surface area contributed by atoms with Gasteiger partial charge in [-0.25, -0.2) is 0 Å². The summed E-state index contributed by atoms with van der Waals surface area (Å²) in [6, 6.07) is 8.36. The maximum atomic E-state index is 9.25. The van der Waals surface area contributed by atoms with Crippen LogP contribution in [-0.2, 0) is 0 Å². The van der Waals surface area contributed by atoms with Crippen LogP contribution in [0.3, 0.4) is 0 Å². The van der Waals surface area contributed by atoms with E-state index >= 15 is 0 Å². The molecule has 2 aliphatic rings. The lowest BCUT2D eigenvalue weighted by Crippen LogP contribution is -2.34. The number of nitrogens with zero attached hydrogens (tertiary/aromatic N) is 2. The third-order valence-corrected chi connectivity index (χ3v) is 4.05. The Morgan fingerprint density at radius 3 is 3.00 bits per heavy atom. The lowest BCUT2D eigenvalue weighted by atomic mass is 10.3. The first-order chi connectivity index (χ1) is 7.31. The number of benzene rings is 1. The number of hydrogen-bond acceptors (Lipinski definition) is 4. The molecule has 4 heteroatoms. The highest BCUT2D eigenvalue weighted by Gasteiger charge is 2.38. The molecule has 1 unspecified atom stereocenters. The van der Waals surface area contributed by atoms with Gasteiger partial charge in [-0.2, -0.15) is 0 Å². The smallest absolute Gasteiger partial charge is 0.160 e. The van der Waals surface area contributed by atoms with E-state index in [2.05, 4.69) is 36.1 Å². The van der Waals surface area contributed by atoms with Crippen LogP contribution < -0.4 is 4.90 Å². The molecule has 2 heterocycles. The molecule has 0 saturated heterocycles. The van der Waals surface area contributed by atoms with Crippen molar-refractivity contribution in [1.29, 1.82) is 0 Å². The molecular formula is C11H12N2OS. The fourth-order valence-electron chi connectivity index (χ4n) is 2.10. The second-order valence-electron chi connectivity index (χ2n) is 3.71. The normalized spacial score (nSPS) is 22.8. The summed E-state index contributed by atoms with van der Waals surface area (Å²) in [5, 5.41) is 9.25. The quantitative estimate of drug-likeness (QED) is 0.783. The summed E-state index contributed by atoms with van der Waals surface area (Å²) in [5.74, 6) is 0. The number of aliphatic hydroxyl groups is 1. The highest BCUT2D eigenvalue weighted by atomic mass is 32.2. The first kappa shape index (κ1) is 9.12. The Morgan fingerprint density at radius 2 is 2.20 bits per heavy atom. The van der Waals surface area contributed by atoms with E-state index in [0.29, 0.717) is 0 Å². The van der Waals surface area contributed by atoms with Crippen LogP contribution in [0.1, 0.15) is 6.92 Å². The van der Waals surface area contributed by atoms with Gasteiger partial charge in [-0.15, -0.1) is 0 Å². The molecule has 0 saturated carbocycles. The van der Waals surface area contributed by atoms with E-state index in [1.165, 1.54) is 16.3 Å². The molecule has 0 spiro atoms. The van der Waals surface area contributed by atoms with Crippen LogP contribution in [-0.4, -0.2) is 22.2 Å². The van der Waals surface area contributed by atoms with Gasteiger partial charge in [0.15, 0.2) is 5.50 Å². The summed E-state index contributed by atoms with van der Waals surface area (Å²) in [7, 11) is 0. The number of thioether (sulfide) groups is 1. The molecule has 15 heavy (non-hydrogen) atoms. The third-order valence-electron chi connectivity index (χ3n) is 2.76. The van der Waals surface area contributed by atoms with E-state index in [-0.39, 0.29) is 12.2 Å². The Labute approximate surface area is 93.0 Å². The first-order valence-electron chi connectivity index (χ1n) is 4.91. The average Bonchev–Trinajstić information content (AvgIpc) is 2.76. The topological polar surface area (TPSA) is 26.7 Å². The Balaban J connectivity index is 2.05. The van der Waals surface area contributed by atoms with Gasteiger partial charge in [-0.05, 0) is 19.1 Å². The van der Waals surface area contributed by atoms with E-state index in [0.717, 1.165) is 0 Å². The summed E-state index contributed by atoms with van der Waals surface area (Å²) in [4.78, 5) is 5.49. The number of allylic oxidation sites excluding steroid dienone is 1. The number of anilines is 1. The molecule has 1 aromatic rings. The minimum absolute atomic E-state index is 0.0689. The summed E-state index contributed by atoms with van der Waals surface area (Å²) in [6.45, 7) is 2.14. The fourth-order valence-corrected chi connectivity index (χ4v) is 3.42. The molecule has 1 aromatic carbocycles. The zero-order chi connectivity index (χ0) is 10.4. The van der Waals surface area contributed by atoms with Gasteiger partial charge in [0.1, 0.15) is 6.73 Å². The van der Waals surface area contributed by atoms with Crippen molar-refractivity contribution in [2.45, 2.75) is 17.3 Å². The van der Waals surface area contributed by atoms with Crippen LogP contribution in [0.2, 0.25) is 0 Å². The maximum absolute atomic E-state index is 9.25. The molecular weight excluding hydrogens is 208 g/mol. The molecule has 0 fully saturated rings. The van der Waals surface area contributed by atoms with Gasteiger partial charge in [-0.3, -0.25) is 0 Å². The van der Waals surface area contributed by atoms with Crippen LogP contribution in [0.15, 0.2) is 41.1 Å². The summed E-state index contributed by atoms with van der Waals surface area (Å²) < 4.78 is 0. The van der Waals surface area contributed by atoms with Crippen molar-refractivity contribution >= 4 is 17.4 Å². The Kier molecular flexibility index (Phi) is 1.94. The van der Waals surface area contributed by atoms with Gasteiger partial charge < -0.3 is 14.9 Å². The summed E-state index contributed by atoms with van der Waals surface area (Å²) in [6.07, 6.45) is 2.01. The second-order valence-corrected chi connectivity index (χ2v) is 4.81. The maximum Gasteiger partial charge on any atom is 0.160 e. The Bertz CT molecular complexity index is 432. The van der Waals surface area contributed by atoms with Crippen LogP contribution in [0.5, 0.6) is 0 Å². The average molecular weight is 220 g/mol. The predicted octanol–water partition coefficient (Wildman–Crippen LogP) is 2.01. The largest absolute Gasteiger partial charge is 0.376 e. The molecule has 1 atom stereocenters. The number of aliphatic hydroxyl groups excluding tert-OH is 1. The highest BCUT2D eigenvalue weighted by Crippen LogP contribution is 2.48. The van der Waals surface area contributed by atoms with Gasteiger partial charge in [0.2, 0.25) is 0 Å². The minimum atomic E-state index is 0.0689. The summed E-state index contributed by atoms with van der Waals surface area (Å²) >= 11 is 1.78. The highest BCUT2D eigenvalue weighted by molar-refractivity contribution is 8.00. The molecule has 3 rings (SSSR count). The lowest BCUT2D eigenvalue weighted by Gasteiger charge is -2.25. The molecule has 1 N–H and O–H groups in total. The monoisotopic (exact) mass is 220 g/mol. The Morgan fingerprint density at radius 1 is 1.40 bits per heavy atom. The van der Waals surface area contributed by atoms with E-state index < -0.39 is 0 Å². The fraction of sp³-hybridized carbons (Fsp3) is 0.273. The van der Waals surface area contributed by atoms with E-state index in [1.807, 2.05) is 11.1 Å². The molecule has 3 nitrogen and oxygen atoms in total. The van der Waals surface area contributed by atoms with Crippen molar-refractivity contribution in [2.24, 2.45) is 0 Å². The van der Waals surface area contributed by atoms with Crippen LogP contribution in [0, 0.1) is 0 Å². The van der Waals surface area contributed by atoms with Crippen LogP contribution in [0.25, 0.3) is 0 Å². The van der Waals surface area contributed by atoms with Crippen LogP contribution in [0.4, 0.5) is 5.69 Å². The SMILES string of the molecule is CC1=CN(CO)C2Sc3ccccc3N12. The molecule has 0 aromatic heterocycles. The standard InChI is InChI=1S/C11H12N2OS/c1-8-6-12(7-14)11-13(8)9-4-2-3-5-10(9)15-11/h2-6,11,14H,7H2,1H3. The van der Waals surface area contributed by atoms with Crippen molar-refractivity contribution in [3.63, 3.8) is 0 Å². The number of hydrogen-bond donors (Lipinski definition) is 1. The Hall–Kier alpha value is -1.13. The van der Waals surface area contributed by atoms with E-state index in [4.69, 9.17) is 0 Å². The van der Waals surface area contributed by atoms with E-state index in [1.54, 1.807) is 11.8 Å². The van der Waals surface area contributed by atoms with Crippen LogP contribution >= 0.6 is 11.8 Å². The van der Waals surface area contributed by atoms with E-state index in [9.17, 15) is 5.11 Å². The minimum Gasteiger partial charge on any atom is -0.376 e. The molecule has 0 aliphatic carbocycles. The first-order valence-corrected chi connectivity index (χ1v) is 5.79. The molecule has 0 amide bonds. The summed E-state index contributed by atoms with van der Waals surface area (Å²) in [5.41, 5.74) is 2.64. The number of fused-ring (bicyclic) bond motifs is 3. The van der Waals surface area contributed by atoms with Gasteiger partial charge in [0, 0.05) is 16.8 Å². The predicted molar refractivity (Wildman–Crippen MR) is 61.2 cm³/mol. The molecule has 0 radical (unpaired) electrons. The van der Waals surface area contributed by atoms with Crippen molar-refractivity contribution < 1.29 is 5.11 Å². The number of para-hydroxylation sites is 1. The van der Waals surface area contributed by atoms with Gasteiger partial charge >= 0.3 is 0 Å². The number of rotatable bonds is 1. The lowest BCUT2D eigenvalue weighted by molar-refractivity contribution is 0.152. The van der Waals surface area contributed by atoms with Gasteiger partial charge in [0.05, 0.1) is 5.69 Å². The van der Waals surface area contributed by atoms with Gasteiger partial charge in [-0.1, -0.05) is 23.9 Å². The third kappa shape index (κ3) is 1.18. The van der Waals surface area contributed by atoms with Crippen molar-refractivity contribution in [3.05, 3.63) is 36.2 Å². The molecule has 0 bridgehead atoms. The van der Waals surface area contributed by atoms with Crippen molar-refractivity contribution in [2.75, 3.05) is 11.6 Å². The van der Waals surface area contributed by atoms with Gasteiger partial charge in [0.25, 0.3) is 0 Å². The van der Waals surface area contributed by atoms with Crippen molar-refractivity contribution in [3.8, 4) is 0 Å². The second kappa shape index (κ2) is 3.18. The molecule has 2 aliphatic heterocycles. The molecule has 78 valence electrons.